The van der Waals surface area contributed by atoms with E-state index in [0.717, 1.165) is 22.2 Å². The number of rotatable bonds is 13. The van der Waals surface area contributed by atoms with Crippen LogP contribution in [0.15, 0.2) is 41.8 Å². The van der Waals surface area contributed by atoms with E-state index >= 15 is 4.39 Å². The number of likely N-dealkylation sites (tertiary alicyclic amines) is 1. The maximum absolute atomic E-state index is 15.8. The van der Waals surface area contributed by atoms with Crippen molar-refractivity contribution >= 4 is 31.4 Å². The number of alkyl halides is 1. The maximum Gasteiger partial charge on any atom is 0.409 e. The molecule has 2 fully saturated rings. The van der Waals surface area contributed by atoms with Gasteiger partial charge in [0.05, 0.1) is 13.2 Å². The van der Waals surface area contributed by atoms with Gasteiger partial charge in [0.1, 0.15) is 29.7 Å². The second-order valence-electron chi connectivity index (χ2n) is 14.0. The highest BCUT2D eigenvalue weighted by atomic mass is 32.1. The second-order valence-corrected chi connectivity index (χ2v) is 20.6. The van der Waals surface area contributed by atoms with E-state index in [1.807, 2.05) is 43.5 Å². The van der Waals surface area contributed by atoms with E-state index < -0.39 is 26.0 Å². The van der Waals surface area contributed by atoms with E-state index in [0.29, 0.717) is 52.0 Å². The Labute approximate surface area is 273 Å². The Morgan fingerprint density at radius 1 is 1.22 bits per heavy atom. The molecule has 2 aliphatic heterocycles. The largest absolute Gasteiger partial charge is 0.485 e. The van der Waals surface area contributed by atoms with Gasteiger partial charge in [-0.15, -0.1) is 11.3 Å². The highest BCUT2D eigenvalue weighted by Gasteiger charge is 2.52. The van der Waals surface area contributed by atoms with Gasteiger partial charge in [-0.2, -0.15) is 0 Å². The molecule has 8 nitrogen and oxygen atoms in total. The van der Waals surface area contributed by atoms with Gasteiger partial charge in [-0.3, -0.25) is 9.69 Å². The number of hydrogen-bond donors (Lipinski definition) is 0. The van der Waals surface area contributed by atoms with Crippen LogP contribution in [0.25, 0.3) is 0 Å². The van der Waals surface area contributed by atoms with Gasteiger partial charge in [0, 0.05) is 58.6 Å². The van der Waals surface area contributed by atoms with E-state index in [1.54, 1.807) is 35.1 Å². The van der Waals surface area contributed by atoms with Crippen LogP contribution in [0, 0.1) is 0 Å². The molecule has 1 aromatic carbocycles. The second kappa shape index (κ2) is 15.4. The van der Waals surface area contributed by atoms with Gasteiger partial charge >= 0.3 is 6.09 Å². The number of benzene rings is 1. The van der Waals surface area contributed by atoms with E-state index in [-0.39, 0.29) is 30.7 Å². The lowest BCUT2D eigenvalue weighted by molar-refractivity contribution is -0.209. The first-order valence-corrected chi connectivity index (χ1v) is 20.9. The first-order chi connectivity index (χ1) is 21.3. The average Bonchev–Trinajstić information content (AvgIpc) is 3.52. The molecule has 11 heteroatoms. The van der Waals surface area contributed by atoms with Gasteiger partial charge in [0.2, 0.25) is 0 Å². The van der Waals surface area contributed by atoms with Gasteiger partial charge in [0.15, 0.2) is 0 Å². The van der Waals surface area contributed by atoms with E-state index in [2.05, 4.69) is 36.7 Å². The Balaban J connectivity index is 1.34. The zero-order valence-electron chi connectivity index (χ0n) is 28.1. The number of carbonyl (C=O) groups is 2. The highest BCUT2D eigenvalue weighted by molar-refractivity contribution is 7.10. The van der Waals surface area contributed by atoms with Crippen LogP contribution in [0.1, 0.15) is 50.2 Å². The summed E-state index contributed by atoms with van der Waals surface area (Å²) in [7, 11) is 0.495. The lowest BCUT2D eigenvalue weighted by atomic mass is 9.86. The van der Waals surface area contributed by atoms with Crippen molar-refractivity contribution in [2.75, 3.05) is 46.4 Å². The third-order valence-electron chi connectivity index (χ3n) is 8.86. The smallest absolute Gasteiger partial charge is 0.409 e. The molecule has 0 bridgehead atoms. The van der Waals surface area contributed by atoms with Crippen LogP contribution >= 0.6 is 11.3 Å². The van der Waals surface area contributed by atoms with Crippen molar-refractivity contribution in [1.29, 1.82) is 0 Å². The number of halogens is 1. The number of hydrogen-bond acceptors (Lipinski definition) is 7. The summed E-state index contributed by atoms with van der Waals surface area (Å²) in [6, 6.07) is 13.1. The molecule has 1 spiro atoms. The molecule has 1 aromatic heterocycles. The van der Waals surface area contributed by atoms with Crippen molar-refractivity contribution in [2.24, 2.45) is 0 Å². The predicted molar refractivity (Wildman–Crippen MR) is 181 cm³/mol. The van der Waals surface area contributed by atoms with Crippen LogP contribution in [0.2, 0.25) is 25.7 Å². The zero-order valence-corrected chi connectivity index (χ0v) is 29.9. The zero-order chi connectivity index (χ0) is 32.8. The minimum atomic E-state index is -1.28. The number of nitrogens with zero attached hydrogens (tertiary/aromatic N) is 3. The number of morpholine rings is 1. The molecule has 0 radical (unpaired) electrons. The summed E-state index contributed by atoms with van der Waals surface area (Å²) in [5, 5.41) is 2.04. The van der Waals surface area contributed by atoms with Crippen molar-refractivity contribution in [3.8, 4) is 5.75 Å². The Morgan fingerprint density at radius 3 is 2.64 bits per heavy atom. The number of para-hydroxylation sites is 1. The van der Waals surface area contributed by atoms with Crippen LogP contribution in [0.3, 0.4) is 0 Å². The maximum atomic E-state index is 15.8. The molecular formula is C34H52FN3O5SSi. The molecule has 2 saturated heterocycles. The van der Waals surface area contributed by atoms with Crippen molar-refractivity contribution in [3.63, 3.8) is 0 Å². The lowest BCUT2D eigenvalue weighted by Crippen LogP contribution is -2.67. The molecule has 45 heavy (non-hydrogen) atoms. The molecule has 0 saturated carbocycles. The first-order valence-electron chi connectivity index (χ1n) is 16.3. The summed E-state index contributed by atoms with van der Waals surface area (Å²) in [4.78, 5) is 31.9. The molecule has 0 N–H and O–H groups in total. The Bertz CT molecular complexity index is 1260. The number of ether oxygens (including phenoxy) is 3. The average molecular weight is 662 g/mol. The van der Waals surface area contributed by atoms with E-state index in [1.165, 1.54) is 0 Å². The molecule has 2 aromatic rings. The molecule has 250 valence electrons. The van der Waals surface area contributed by atoms with Crippen LogP contribution in [-0.2, 0) is 20.7 Å². The molecular weight excluding hydrogens is 610 g/mol. The summed E-state index contributed by atoms with van der Waals surface area (Å²) < 4.78 is 34.1. The molecule has 2 amide bonds. The van der Waals surface area contributed by atoms with Gasteiger partial charge in [-0.05, 0) is 62.7 Å². The summed E-state index contributed by atoms with van der Waals surface area (Å²) >= 11 is 1.64. The number of thiophene rings is 1. The van der Waals surface area contributed by atoms with Crippen molar-refractivity contribution in [2.45, 2.75) is 95.7 Å². The summed E-state index contributed by atoms with van der Waals surface area (Å²) in [6.45, 7) is 15.4. The molecule has 4 rings (SSSR count). The monoisotopic (exact) mass is 661 g/mol. The first kappa shape index (κ1) is 35.4. The fourth-order valence-electron chi connectivity index (χ4n) is 5.93. The number of piperidine rings is 1. The predicted octanol–water partition coefficient (Wildman–Crippen LogP) is 6.65. The number of amides is 2. The normalized spacial score (nSPS) is 23.4. The van der Waals surface area contributed by atoms with Crippen LogP contribution in [-0.4, -0.2) is 105 Å². The van der Waals surface area contributed by atoms with Gasteiger partial charge in [-0.1, -0.05) is 43.9 Å². The van der Waals surface area contributed by atoms with Crippen molar-refractivity contribution < 1.29 is 28.2 Å². The number of carbonyl (C=O) groups excluding carboxylic acids is 2. The van der Waals surface area contributed by atoms with Crippen LogP contribution < -0.4 is 4.74 Å². The molecule has 4 atom stereocenters. The standard InChI is InChI=1S/C34H52FN3O5SSi/c1-25(2)38-24-34(43-26(3)32(38)39)16-19-37(23-31(34)35)18-14-27-11-8-9-12-28(27)42-29(30-13-10-21-44-30)15-17-36(4)33(40)41-20-22-45(5,6)7/h8-13,21,25-26,29,31H,14-20,22-24H2,1-7H3/t26-,29-,31+,34+/m1/s1. The van der Waals surface area contributed by atoms with Crippen LogP contribution in [0.5, 0.6) is 5.75 Å². The van der Waals surface area contributed by atoms with E-state index in [9.17, 15) is 9.59 Å². The molecule has 0 unspecified atom stereocenters. The highest BCUT2D eigenvalue weighted by Crippen LogP contribution is 2.36. The van der Waals surface area contributed by atoms with Crippen molar-refractivity contribution in [3.05, 3.63) is 52.2 Å². The van der Waals surface area contributed by atoms with Gasteiger partial charge in [-0.25, -0.2) is 9.18 Å². The fourth-order valence-corrected chi connectivity index (χ4v) is 7.43. The third kappa shape index (κ3) is 9.53. The molecule has 3 heterocycles. The summed E-state index contributed by atoms with van der Waals surface area (Å²) in [5.41, 5.74) is 0.115. The SMILES string of the molecule is CC(C)N1C[C@]2(CCN(CCc3ccccc3O[C@H](CCN(C)C(=O)OCC[Si](C)(C)C)c3cccs3)C[C@@H]2F)O[C@H](C)C1=O. The summed E-state index contributed by atoms with van der Waals surface area (Å²) in [6.07, 6.45) is -0.453. The molecule has 2 aliphatic rings. The minimum absolute atomic E-state index is 0.00877. The van der Waals surface area contributed by atoms with E-state index in [4.69, 9.17) is 14.2 Å². The topological polar surface area (TPSA) is 71.6 Å². The van der Waals surface area contributed by atoms with Gasteiger partial charge < -0.3 is 24.0 Å². The fraction of sp³-hybridized carbons (Fsp3) is 0.647. The Hall–Kier alpha value is -2.47. The van der Waals surface area contributed by atoms with Gasteiger partial charge in [0.25, 0.3) is 5.91 Å². The Morgan fingerprint density at radius 2 is 1.98 bits per heavy atom. The lowest BCUT2D eigenvalue weighted by Gasteiger charge is -2.51. The minimum Gasteiger partial charge on any atom is -0.485 e. The van der Waals surface area contributed by atoms with Crippen LogP contribution in [0.4, 0.5) is 9.18 Å². The Kier molecular flexibility index (Phi) is 12.1. The van der Waals surface area contributed by atoms with Crippen molar-refractivity contribution in [1.82, 2.24) is 14.7 Å². The quantitative estimate of drug-likeness (QED) is 0.224. The summed E-state index contributed by atoms with van der Waals surface area (Å²) in [5.74, 6) is 0.740. The third-order valence-corrected chi connectivity index (χ3v) is 11.5. The molecule has 0 aliphatic carbocycles.